The van der Waals surface area contributed by atoms with Gasteiger partial charge in [-0.25, -0.2) is 14.5 Å². The van der Waals surface area contributed by atoms with Gasteiger partial charge in [0.25, 0.3) is 0 Å². The molecular weight excluding hydrogens is 310 g/mol. The van der Waals surface area contributed by atoms with Crippen molar-refractivity contribution in [1.29, 1.82) is 0 Å². The third kappa shape index (κ3) is 4.81. The first-order valence-electron chi connectivity index (χ1n) is 8.05. The second kappa shape index (κ2) is 7.47. The van der Waals surface area contributed by atoms with Gasteiger partial charge in [0.1, 0.15) is 12.2 Å². The number of carbonyl (C=O) groups is 3. The molecule has 1 aliphatic rings. The van der Waals surface area contributed by atoms with Crippen LogP contribution in [0.1, 0.15) is 50.4 Å². The quantitative estimate of drug-likeness (QED) is 0.795. The smallest absolute Gasteiger partial charge is 0.417 e. The van der Waals surface area contributed by atoms with Crippen molar-refractivity contribution in [3.05, 3.63) is 35.9 Å². The summed E-state index contributed by atoms with van der Waals surface area (Å²) in [6.45, 7) is 5.19. The zero-order valence-corrected chi connectivity index (χ0v) is 14.3. The summed E-state index contributed by atoms with van der Waals surface area (Å²) in [6.07, 6.45) is 0.856. The fraction of sp³-hybridized carbons (Fsp3) is 0.500. The van der Waals surface area contributed by atoms with E-state index in [0.717, 1.165) is 4.90 Å². The zero-order chi connectivity index (χ0) is 17.7. The van der Waals surface area contributed by atoms with Crippen LogP contribution < -0.4 is 0 Å². The van der Waals surface area contributed by atoms with E-state index < -0.39 is 23.7 Å². The Balaban J connectivity index is 2.02. The van der Waals surface area contributed by atoms with Crippen molar-refractivity contribution in [1.82, 2.24) is 4.90 Å². The van der Waals surface area contributed by atoms with E-state index in [1.54, 1.807) is 51.1 Å². The topological polar surface area (TPSA) is 72.9 Å². The van der Waals surface area contributed by atoms with Crippen LogP contribution in [0, 0.1) is 0 Å². The number of imide groups is 1. The Morgan fingerprint density at radius 3 is 2.50 bits per heavy atom. The van der Waals surface area contributed by atoms with Crippen LogP contribution in [-0.4, -0.2) is 41.1 Å². The number of benzene rings is 1. The number of amides is 2. The lowest BCUT2D eigenvalue weighted by atomic mass is 10.0. The molecule has 1 heterocycles. The number of hydrogen-bond donors (Lipinski definition) is 0. The highest BCUT2D eigenvalue weighted by Gasteiger charge is 2.36. The highest BCUT2D eigenvalue weighted by Crippen LogP contribution is 2.22. The molecule has 24 heavy (non-hydrogen) atoms. The third-order valence-electron chi connectivity index (χ3n) is 3.57. The van der Waals surface area contributed by atoms with Crippen molar-refractivity contribution in [3.8, 4) is 0 Å². The standard InChI is InChI=1S/C18H23NO5/c1-18(2,3)24-17(22)19-14(10-7-11-15(19)20)12-23-16(21)13-8-5-4-6-9-13/h4-6,8-9,14H,7,10-12H2,1-3H3/t14-/m0/s1. The first kappa shape index (κ1) is 18.0. The highest BCUT2D eigenvalue weighted by atomic mass is 16.6. The molecule has 1 aromatic carbocycles. The van der Waals surface area contributed by atoms with Gasteiger partial charge in [0.05, 0.1) is 11.6 Å². The van der Waals surface area contributed by atoms with Gasteiger partial charge < -0.3 is 9.47 Å². The van der Waals surface area contributed by atoms with Crippen LogP contribution in [-0.2, 0) is 14.3 Å². The van der Waals surface area contributed by atoms with Gasteiger partial charge in [0, 0.05) is 6.42 Å². The largest absolute Gasteiger partial charge is 0.460 e. The highest BCUT2D eigenvalue weighted by molar-refractivity contribution is 5.93. The number of piperidine rings is 1. The molecule has 1 aromatic rings. The van der Waals surface area contributed by atoms with Crippen molar-refractivity contribution in [2.75, 3.05) is 6.61 Å². The number of ether oxygens (including phenoxy) is 2. The van der Waals surface area contributed by atoms with E-state index in [-0.39, 0.29) is 12.5 Å². The molecule has 6 heteroatoms. The minimum absolute atomic E-state index is 0.0291. The summed E-state index contributed by atoms with van der Waals surface area (Å²) >= 11 is 0. The summed E-state index contributed by atoms with van der Waals surface area (Å²) in [4.78, 5) is 37.5. The van der Waals surface area contributed by atoms with E-state index >= 15 is 0 Å². The van der Waals surface area contributed by atoms with Crippen molar-refractivity contribution in [2.45, 2.75) is 51.7 Å². The summed E-state index contributed by atoms with van der Waals surface area (Å²) < 4.78 is 10.6. The first-order valence-corrected chi connectivity index (χ1v) is 8.05. The molecule has 0 aromatic heterocycles. The molecule has 0 saturated carbocycles. The Hall–Kier alpha value is -2.37. The molecular formula is C18H23NO5. The lowest BCUT2D eigenvalue weighted by molar-refractivity contribution is -0.136. The lowest BCUT2D eigenvalue weighted by Gasteiger charge is -2.34. The van der Waals surface area contributed by atoms with E-state index in [0.29, 0.717) is 24.8 Å². The van der Waals surface area contributed by atoms with Crippen LogP contribution >= 0.6 is 0 Å². The maximum Gasteiger partial charge on any atom is 0.417 e. The van der Waals surface area contributed by atoms with Crippen LogP contribution in [0.3, 0.4) is 0 Å². The second-order valence-electron chi connectivity index (χ2n) is 6.75. The number of esters is 1. The molecule has 130 valence electrons. The van der Waals surface area contributed by atoms with E-state index in [9.17, 15) is 14.4 Å². The summed E-state index contributed by atoms with van der Waals surface area (Å²) in [5.41, 5.74) is -0.261. The number of nitrogens with zero attached hydrogens (tertiary/aromatic N) is 1. The Morgan fingerprint density at radius 2 is 1.88 bits per heavy atom. The van der Waals surface area contributed by atoms with Gasteiger partial charge in [-0.3, -0.25) is 4.79 Å². The van der Waals surface area contributed by atoms with Gasteiger partial charge >= 0.3 is 12.1 Å². The van der Waals surface area contributed by atoms with Gasteiger partial charge in [-0.15, -0.1) is 0 Å². The molecule has 1 atom stereocenters. The van der Waals surface area contributed by atoms with Crippen LogP contribution in [0.25, 0.3) is 0 Å². The molecule has 1 aliphatic heterocycles. The van der Waals surface area contributed by atoms with Gasteiger partial charge in [-0.2, -0.15) is 0 Å². The molecule has 1 fully saturated rings. The Labute approximate surface area is 141 Å². The fourth-order valence-electron chi connectivity index (χ4n) is 2.49. The molecule has 1 saturated heterocycles. The van der Waals surface area contributed by atoms with Crippen LogP contribution in [0.5, 0.6) is 0 Å². The van der Waals surface area contributed by atoms with Crippen LogP contribution in [0.4, 0.5) is 4.79 Å². The van der Waals surface area contributed by atoms with Crippen molar-refractivity contribution in [3.63, 3.8) is 0 Å². The minimum Gasteiger partial charge on any atom is -0.460 e. The number of rotatable bonds is 3. The Kier molecular flexibility index (Phi) is 5.59. The zero-order valence-electron chi connectivity index (χ0n) is 14.3. The van der Waals surface area contributed by atoms with E-state index in [1.165, 1.54) is 0 Å². The molecule has 0 unspecified atom stereocenters. The van der Waals surface area contributed by atoms with E-state index in [2.05, 4.69) is 0 Å². The second-order valence-corrected chi connectivity index (χ2v) is 6.75. The Bertz CT molecular complexity index is 606. The normalized spacial score (nSPS) is 18.2. The van der Waals surface area contributed by atoms with E-state index in [1.807, 2.05) is 0 Å². The molecule has 6 nitrogen and oxygen atoms in total. The molecule has 0 N–H and O–H groups in total. The first-order chi connectivity index (χ1) is 11.3. The molecule has 0 aliphatic carbocycles. The Morgan fingerprint density at radius 1 is 1.21 bits per heavy atom. The molecule has 0 spiro atoms. The SMILES string of the molecule is CC(C)(C)OC(=O)N1C(=O)CCC[C@H]1COC(=O)c1ccccc1. The van der Waals surface area contributed by atoms with Crippen molar-refractivity contribution in [2.24, 2.45) is 0 Å². The number of likely N-dealkylation sites (tertiary alicyclic amines) is 1. The summed E-state index contributed by atoms with van der Waals surface area (Å²) in [5, 5.41) is 0. The predicted octanol–water partition coefficient (Wildman–Crippen LogP) is 3.16. The van der Waals surface area contributed by atoms with Crippen LogP contribution in [0.15, 0.2) is 30.3 Å². The number of hydrogen-bond acceptors (Lipinski definition) is 5. The molecule has 0 radical (unpaired) electrons. The average Bonchev–Trinajstić information content (AvgIpc) is 2.51. The summed E-state index contributed by atoms with van der Waals surface area (Å²) in [7, 11) is 0. The number of carbonyl (C=O) groups excluding carboxylic acids is 3. The minimum atomic E-state index is -0.694. The van der Waals surface area contributed by atoms with Crippen molar-refractivity contribution < 1.29 is 23.9 Å². The summed E-state index contributed by atoms with van der Waals surface area (Å²) in [6, 6.07) is 8.11. The third-order valence-corrected chi connectivity index (χ3v) is 3.57. The molecule has 2 rings (SSSR count). The fourth-order valence-corrected chi connectivity index (χ4v) is 2.49. The van der Waals surface area contributed by atoms with Crippen molar-refractivity contribution >= 4 is 18.0 Å². The van der Waals surface area contributed by atoms with Gasteiger partial charge in [-0.1, -0.05) is 18.2 Å². The molecule has 2 amide bonds. The lowest BCUT2D eigenvalue weighted by Crippen LogP contribution is -2.51. The van der Waals surface area contributed by atoms with E-state index in [4.69, 9.17) is 9.47 Å². The van der Waals surface area contributed by atoms with Crippen LogP contribution in [0.2, 0.25) is 0 Å². The summed E-state index contributed by atoms with van der Waals surface area (Å²) in [5.74, 6) is -0.769. The van der Waals surface area contributed by atoms with Gasteiger partial charge in [0.2, 0.25) is 5.91 Å². The maximum absolute atomic E-state index is 12.3. The van der Waals surface area contributed by atoms with Gasteiger partial charge in [-0.05, 0) is 45.7 Å². The molecule has 0 bridgehead atoms. The maximum atomic E-state index is 12.3. The van der Waals surface area contributed by atoms with Gasteiger partial charge in [0.15, 0.2) is 0 Å². The monoisotopic (exact) mass is 333 g/mol. The predicted molar refractivity (Wildman–Crippen MR) is 87.4 cm³/mol. The average molecular weight is 333 g/mol.